The first-order valence-electron chi connectivity index (χ1n) is 5.21. The zero-order valence-electron chi connectivity index (χ0n) is 9.17. The Morgan fingerprint density at radius 3 is 2.50 bits per heavy atom. The Balaban J connectivity index is 2.32. The van der Waals surface area contributed by atoms with Gasteiger partial charge in [-0.05, 0) is 18.2 Å². The lowest BCUT2D eigenvalue weighted by molar-refractivity contribution is -0.138. The fourth-order valence-electron chi connectivity index (χ4n) is 1.89. The van der Waals surface area contributed by atoms with Gasteiger partial charge in [-0.15, -0.1) is 0 Å². The van der Waals surface area contributed by atoms with Crippen molar-refractivity contribution < 1.29 is 18.0 Å². The van der Waals surface area contributed by atoms with Crippen LogP contribution in [-0.4, -0.2) is 18.5 Å². The van der Waals surface area contributed by atoms with Crippen LogP contribution in [0.1, 0.15) is 12.0 Å². The molecule has 0 aromatic heterocycles. The minimum Gasteiger partial charge on any atom is -0.326 e. The standard InChI is InChI=1S/C11H10BrF3N2O/c12-9-4-7(1-2-8(9)11(13,14)15)17-5-6(16)3-10(17)18/h1-2,4,6H,3,5,16H2. The van der Waals surface area contributed by atoms with E-state index in [2.05, 4.69) is 15.9 Å². The molecule has 1 atom stereocenters. The van der Waals surface area contributed by atoms with E-state index in [1.807, 2.05) is 0 Å². The molecule has 1 aliphatic heterocycles. The monoisotopic (exact) mass is 322 g/mol. The van der Waals surface area contributed by atoms with E-state index in [1.54, 1.807) is 0 Å². The summed E-state index contributed by atoms with van der Waals surface area (Å²) < 4.78 is 37.6. The van der Waals surface area contributed by atoms with Gasteiger partial charge in [-0.3, -0.25) is 4.79 Å². The number of hydrogen-bond donors (Lipinski definition) is 1. The van der Waals surface area contributed by atoms with E-state index in [0.717, 1.165) is 6.07 Å². The Hall–Kier alpha value is -1.08. The Morgan fingerprint density at radius 1 is 1.39 bits per heavy atom. The van der Waals surface area contributed by atoms with Gasteiger partial charge in [0.05, 0.1) is 5.56 Å². The second-order valence-electron chi connectivity index (χ2n) is 4.13. The minimum absolute atomic E-state index is 0.0826. The average Bonchev–Trinajstić information content (AvgIpc) is 2.55. The number of carbonyl (C=O) groups is 1. The molecule has 2 rings (SSSR count). The number of nitrogens with zero attached hydrogens (tertiary/aromatic N) is 1. The molecular weight excluding hydrogens is 313 g/mol. The van der Waals surface area contributed by atoms with E-state index in [1.165, 1.54) is 17.0 Å². The predicted molar refractivity (Wildman–Crippen MR) is 64.1 cm³/mol. The van der Waals surface area contributed by atoms with E-state index in [-0.39, 0.29) is 22.8 Å². The molecule has 1 unspecified atom stereocenters. The van der Waals surface area contributed by atoms with Crippen LogP contribution in [0.2, 0.25) is 0 Å². The van der Waals surface area contributed by atoms with Crippen LogP contribution in [0.5, 0.6) is 0 Å². The van der Waals surface area contributed by atoms with Crippen molar-refractivity contribution in [2.24, 2.45) is 5.73 Å². The third kappa shape index (κ3) is 2.51. The van der Waals surface area contributed by atoms with Crippen molar-refractivity contribution in [1.29, 1.82) is 0 Å². The topological polar surface area (TPSA) is 46.3 Å². The highest BCUT2D eigenvalue weighted by molar-refractivity contribution is 9.10. The zero-order chi connectivity index (χ0) is 13.5. The fourth-order valence-corrected chi connectivity index (χ4v) is 2.48. The number of hydrogen-bond acceptors (Lipinski definition) is 2. The van der Waals surface area contributed by atoms with Crippen LogP contribution in [0.15, 0.2) is 22.7 Å². The maximum atomic E-state index is 12.6. The Morgan fingerprint density at radius 2 is 2.06 bits per heavy atom. The molecule has 2 N–H and O–H groups in total. The second kappa shape index (κ2) is 4.55. The van der Waals surface area contributed by atoms with Crippen molar-refractivity contribution in [1.82, 2.24) is 0 Å². The number of amides is 1. The van der Waals surface area contributed by atoms with Gasteiger partial charge in [-0.25, -0.2) is 0 Å². The first-order valence-corrected chi connectivity index (χ1v) is 6.01. The molecule has 1 heterocycles. The molecule has 0 saturated carbocycles. The van der Waals surface area contributed by atoms with E-state index in [4.69, 9.17) is 5.73 Å². The van der Waals surface area contributed by atoms with Gasteiger partial charge in [0.25, 0.3) is 0 Å². The quantitative estimate of drug-likeness (QED) is 0.863. The second-order valence-corrected chi connectivity index (χ2v) is 4.98. The van der Waals surface area contributed by atoms with Gasteiger partial charge in [0.1, 0.15) is 0 Å². The largest absolute Gasteiger partial charge is 0.417 e. The summed E-state index contributed by atoms with van der Waals surface area (Å²) in [6.45, 7) is 0.330. The Labute approximate surface area is 110 Å². The molecule has 3 nitrogen and oxygen atoms in total. The molecule has 18 heavy (non-hydrogen) atoms. The Kier molecular flexibility index (Phi) is 3.37. The Bertz CT molecular complexity index is 490. The summed E-state index contributed by atoms with van der Waals surface area (Å²) >= 11 is 2.88. The molecule has 0 aliphatic carbocycles. The first-order chi connectivity index (χ1) is 8.29. The van der Waals surface area contributed by atoms with Gasteiger partial charge >= 0.3 is 6.18 Å². The molecule has 1 aromatic rings. The summed E-state index contributed by atoms with van der Waals surface area (Å²) in [5.74, 6) is -0.172. The van der Waals surface area contributed by atoms with Gasteiger partial charge in [0.2, 0.25) is 5.91 Å². The van der Waals surface area contributed by atoms with Crippen LogP contribution in [-0.2, 0) is 11.0 Å². The van der Waals surface area contributed by atoms with E-state index in [9.17, 15) is 18.0 Å². The first kappa shape index (κ1) is 13.4. The molecule has 1 fully saturated rings. The van der Waals surface area contributed by atoms with E-state index >= 15 is 0 Å². The van der Waals surface area contributed by atoms with Crippen LogP contribution in [0.4, 0.5) is 18.9 Å². The van der Waals surface area contributed by atoms with E-state index < -0.39 is 11.7 Å². The zero-order valence-corrected chi connectivity index (χ0v) is 10.8. The van der Waals surface area contributed by atoms with Crippen molar-refractivity contribution in [2.45, 2.75) is 18.6 Å². The number of halogens is 4. The SMILES string of the molecule is NC1CC(=O)N(c2ccc(C(F)(F)F)c(Br)c2)C1. The number of benzene rings is 1. The number of anilines is 1. The van der Waals surface area contributed by atoms with Crippen molar-refractivity contribution >= 4 is 27.5 Å². The van der Waals surface area contributed by atoms with Crippen molar-refractivity contribution in [3.8, 4) is 0 Å². The maximum absolute atomic E-state index is 12.6. The van der Waals surface area contributed by atoms with Gasteiger partial charge in [0.15, 0.2) is 0 Å². The summed E-state index contributed by atoms with van der Waals surface area (Å²) in [4.78, 5) is 13.0. The lowest BCUT2D eigenvalue weighted by atomic mass is 10.2. The van der Waals surface area contributed by atoms with Gasteiger partial charge in [0, 0.05) is 29.2 Å². The molecule has 0 radical (unpaired) electrons. The smallest absolute Gasteiger partial charge is 0.326 e. The van der Waals surface area contributed by atoms with Gasteiger partial charge in [-0.2, -0.15) is 13.2 Å². The van der Waals surface area contributed by atoms with Crippen LogP contribution in [0.25, 0.3) is 0 Å². The highest BCUT2D eigenvalue weighted by atomic mass is 79.9. The summed E-state index contributed by atoms with van der Waals surface area (Å²) in [5.41, 5.74) is 5.30. The van der Waals surface area contributed by atoms with Crippen LogP contribution < -0.4 is 10.6 Å². The highest BCUT2D eigenvalue weighted by Gasteiger charge is 2.34. The molecule has 1 aromatic carbocycles. The maximum Gasteiger partial charge on any atom is 0.417 e. The number of nitrogens with two attached hydrogens (primary N) is 1. The normalized spacial score (nSPS) is 20.6. The highest BCUT2D eigenvalue weighted by Crippen LogP contribution is 2.37. The number of rotatable bonds is 1. The van der Waals surface area contributed by atoms with Crippen molar-refractivity contribution in [2.75, 3.05) is 11.4 Å². The molecule has 1 saturated heterocycles. The van der Waals surface area contributed by atoms with Crippen molar-refractivity contribution in [3.05, 3.63) is 28.2 Å². The van der Waals surface area contributed by atoms with E-state index in [0.29, 0.717) is 12.2 Å². The predicted octanol–water partition coefficient (Wildman–Crippen LogP) is 2.53. The third-order valence-corrected chi connectivity index (χ3v) is 3.38. The average molecular weight is 323 g/mol. The van der Waals surface area contributed by atoms with Crippen molar-refractivity contribution in [3.63, 3.8) is 0 Å². The van der Waals surface area contributed by atoms with Gasteiger partial charge < -0.3 is 10.6 Å². The molecule has 7 heteroatoms. The lowest BCUT2D eigenvalue weighted by Gasteiger charge is -2.18. The summed E-state index contributed by atoms with van der Waals surface area (Å²) in [6.07, 6.45) is -4.19. The van der Waals surface area contributed by atoms with Gasteiger partial charge in [-0.1, -0.05) is 15.9 Å². The number of alkyl halides is 3. The molecular formula is C11H10BrF3N2O. The lowest BCUT2D eigenvalue weighted by Crippen LogP contribution is -2.28. The molecule has 1 amide bonds. The summed E-state index contributed by atoms with van der Waals surface area (Å²) in [6, 6.07) is 3.26. The van der Waals surface area contributed by atoms with Crippen LogP contribution >= 0.6 is 15.9 Å². The summed E-state index contributed by atoms with van der Waals surface area (Å²) in [7, 11) is 0. The molecule has 0 spiro atoms. The molecule has 0 bridgehead atoms. The molecule has 1 aliphatic rings. The fraction of sp³-hybridized carbons (Fsp3) is 0.364. The number of carbonyl (C=O) groups excluding carboxylic acids is 1. The third-order valence-electron chi connectivity index (χ3n) is 2.72. The van der Waals surface area contributed by atoms with Crippen LogP contribution in [0.3, 0.4) is 0 Å². The summed E-state index contributed by atoms with van der Waals surface area (Å²) in [5, 5.41) is 0. The van der Waals surface area contributed by atoms with Crippen LogP contribution in [0, 0.1) is 0 Å². The molecule has 98 valence electrons. The minimum atomic E-state index is -4.41.